The average Bonchev–Trinajstić information content (AvgIpc) is 2.46. The molecule has 0 aromatic heterocycles. The summed E-state index contributed by atoms with van der Waals surface area (Å²) in [6.07, 6.45) is 1.81. The molecule has 0 bridgehead atoms. The first kappa shape index (κ1) is 15.0. The van der Waals surface area contributed by atoms with Gasteiger partial charge >= 0.3 is 0 Å². The maximum absolute atomic E-state index is 12.4. The lowest BCUT2D eigenvalue weighted by Crippen LogP contribution is -2.39. The van der Waals surface area contributed by atoms with Gasteiger partial charge in [0.1, 0.15) is 0 Å². The smallest absolute Gasteiger partial charge is 0.253 e. The highest BCUT2D eigenvalue weighted by molar-refractivity contribution is 5.94. The Labute approximate surface area is 121 Å². The van der Waals surface area contributed by atoms with Gasteiger partial charge in [-0.1, -0.05) is 32.9 Å². The zero-order chi connectivity index (χ0) is 14.8. The first-order chi connectivity index (χ1) is 9.41. The highest BCUT2D eigenvalue weighted by atomic mass is 16.3. The number of rotatable bonds is 2. The second-order valence-corrected chi connectivity index (χ2v) is 6.75. The molecule has 0 aliphatic carbocycles. The fraction of sp³-hybridized carbons (Fsp3) is 0.588. The highest BCUT2D eigenvalue weighted by Gasteiger charge is 2.23. The number of carbonyl (C=O) groups is 1. The van der Waals surface area contributed by atoms with Crippen LogP contribution in [0.25, 0.3) is 0 Å². The number of aliphatic hydroxyl groups is 1. The highest BCUT2D eigenvalue weighted by Crippen LogP contribution is 2.23. The van der Waals surface area contributed by atoms with Gasteiger partial charge in [-0.05, 0) is 41.9 Å². The van der Waals surface area contributed by atoms with E-state index in [1.165, 1.54) is 5.56 Å². The summed E-state index contributed by atoms with van der Waals surface area (Å²) in [5, 5.41) is 9.14. The van der Waals surface area contributed by atoms with Crippen LogP contribution in [-0.4, -0.2) is 35.6 Å². The standard InChI is InChI=1S/C17H25NO2/c1-17(2,3)15-6-4-14(5-7-15)16(20)18-10-8-13(12-19)9-11-18/h4-7,13,19H,8-12H2,1-3H3. The van der Waals surface area contributed by atoms with Crippen molar-refractivity contribution in [3.63, 3.8) is 0 Å². The van der Waals surface area contributed by atoms with Crippen LogP contribution in [0.2, 0.25) is 0 Å². The van der Waals surface area contributed by atoms with Crippen molar-refractivity contribution >= 4 is 5.91 Å². The lowest BCUT2D eigenvalue weighted by molar-refractivity contribution is 0.0651. The van der Waals surface area contributed by atoms with Gasteiger partial charge in [0.2, 0.25) is 0 Å². The minimum atomic E-state index is 0.112. The number of hydrogen-bond acceptors (Lipinski definition) is 2. The molecule has 0 unspecified atom stereocenters. The van der Waals surface area contributed by atoms with Crippen LogP contribution >= 0.6 is 0 Å². The number of carbonyl (C=O) groups excluding carboxylic acids is 1. The number of aliphatic hydroxyl groups excluding tert-OH is 1. The van der Waals surface area contributed by atoms with Gasteiger partial charge in [-0.2, -0.15) is 0 Å². The number of amides is 1. The van der Waals surface area contributed by atoms with Crippen molar-refractivity contribution in [3.8, 4) is 0 Å². The number of piperidine rings is 1. The van der Waals surface area contributed by atoms with Crippen LogP contribution in [0.4, 0.5) is 0 Å². The van der Waals surface area contributed by atoms with Gasteiger partial charge in [0.05, 0.1) is 0 Å². The molecule has 1 aliphatic heterocycles. The molecule has 2 rings (SSSR count). The molecule has 1 N–H and O–H groups in total. The molecule has 20 heavy (non-hydrogen) atoms. The third kappa shape index (κ3) is 3.40. The normalized spacial score (nSPS) is 17.3. The Morgan fingerprint density at radius 2 is 1.75 bits per heavy atom. The van der Waals surface area contributed by atoms with Crippen LogP contribution < -0.4 is 0 Å². The van der Waals surface area contributed by atoms with E-state index in [0.717, 1.165) is 31.5 Å². The summed E-state index contributed by atoms with van der Waals surface area (Å²) in [4.78, 5) is 14.3. The van der Waals surface area contributed by atoms with E-state index in [1.54, 1.807) is 0 Å². The van der Waals surface area contributed by atoms with Crippen molar-refractivity contribution < 1.29 is 9.90 Å². The number of likely N-dealkylation sites (tertiary alicyclic amines) is 1. The molecular weight excluding hydrogens is 250 g/mol. The van der Waals surface area contributed by atoms with Gasteiger partial charge in [-0.15, -0.1) is 0 Å². The Kier molecular flexibility index (Phi) is 4.48. The molecule has 0 saturated carbocycles. The summed E-state index contributed by atoms with van der Waals surface area (Å²) in [6.45, 7) is 8.26. The van der Waals surface area contributed by atoms with E-state index in [2.05, 4.69) is 20.8 Å². The van der Waals surface area contributed by atoms with Crippen molar-refractivity contribution in [2.45, 2.75) is 39.0 Å². The summed E-state index contributed by atoms with van der Waals surface area (Å²) in [5.74, 6) is 0.476. The fourth-order valence-electron chi connectivity index (χ4n) is 2.61. The van der Waals surface area contributed by atoms with Crippen molar-refractivity contribution in [2.75, 3.05) is 19.7 Å². The van der Waals surface area contributed by atoms with E-state index in [-0.39, 0.29) is 17.9 Å². The quantitative estimate of drug-likeness (QED) is 0.901. The van der Waals surface area contributed by atoms with E-state index in [4.69, 9.17) is 5.11 Å². The van der Waals surface area contributed by atoms with Crippen molar-refractivity contribution in [2.24, 2.45) is 5.92 Å². The zero-order valence-corrected chi connectivity index (χ0v) is 12.7. The van der Waals surface area contributed by atoms with Crippen LogP contribution in [0.1, 0.15) is 49.5 Å². The van der Waals surface area contributed by atoms with Crippen LogP contribution in [0, 0.1) is 5.92 Å². The minimum Gasteiger partial charge on any atom is -0.396 e. The Morgan fingerprint density at radius 1 is 1.20 bits per heavy atom. The lowest BCUT2D eigenvalue weighted by atomic mass is 9.86. The Hall–Kier alpha value is -1.35. The molecule has 0 radical (unpaired) electrons. The zero-order valence-electron chi connectivity index (χ0n) is 12.7. The van der Waals surface area contributed by atoms with E-state index >= 15 is 0 Å². The predicted octanol–water partition coefficient (Wildman–Crippen LogP) is 2.83. The van der Waals surface area contributed by atoms with Crippen molar-refractivity contribution in [3.05, 3.63) is 35.4 Å². The monoisotopic (exact) mass is 275 g/mol. The molecule has 1 aliphatic rings. The molecule has 1 aromatic rings. The molecule has 1 fully saturated rings. The Balaban J connectivity index is 2.03. The first-order valence-electron chi connectivity index (χ1n) is 7.42. The molecule has 3 nitrogen and oxygen atoms in total. The molecule has 3 heteroatoms. The van der Waals surface area contributed by atoms with Gasteiger partial charge in [-0.3, -0.25) is 4.79 Å². The van der Waals surface area contributed by atoms with Gasteiger partial charge < -0.3 is 10.0 Å². The van der Waals surface area contributed by atoms with E-state index in [9.17, 15) is 4.79 Å². The van der Waals surface area contributed by atoms with Gasteiger partial charge in [0.15, 0.2) is 0 Å². The summed E-state index contributed by atoms with van der Waals surface area (Å²) in [7, 11) is 0. The molecule has 1 amide bonds. The van der Waals surface area contributed by atoms with Crippen molar-refractivity contribution in [1.29, 1.82) is 0 Å². The molecule has 110 valence electrons. The second kappa shape index (κ2) is 5.96. The third-order valence-corrected chi connectivity index (χ3v) is 4.16. The SMILES string of the molecule is CC(C)(C)c1ccc(C(=O)N2CCC(CO)CC2)cc1. The van der Waals surface area contributed by atoms with Crippen LogP contribution in [-0.2, 0) is 5.41 Å². The third-order valence-electron chi connectivity index (χ3n) is 4.16. The first-order valence-corrected chi connectivity index (χ1v) is 7.42. The average molecular weight is 275 g/mol. The molecule has 1 saturated heterocycles. The topological polar surface area (TPSA) is 40.5 Å². The summed E-state index contributed by atoms with van der Waals surface area (Å²) in [6, 6.07) is 7.96. The molecule has 1 aromatic carbocycles. The Morgan fingerprint density at radius 3 is 2.20 bits per heavy atom. The van der Waals surface area contributed by atoms with Crippen LogP contribution in [0.15, 0.2) is 24.3 Å². The predicted molar refractivity (Wildman–Crippen MR) is 80.9 cm³/mol. The van der Waals surface area contributed by atoms with E-state index < -0.39 is 0 Å². The molecule has 0 atom stereocenters. The maximum Gasteiger partial charge on any atom is 0.253 e. The van der Waals surface area contributed by atoms with E-state index in [0.29, 0.717) is 5.92 Å². The van der Waals surface area contributed by atoms with Gasteiger partial charge in [0, 0.05) is 25.3 Å². The van der Waals surface area contributed by atoms with Crippen LogP contribution in [0.5, 0.6) is 0 Å². The number of benzene rings is 1. The fourth-order valence-corrected chi connectivity index (χ4v) is 2.61. The number of hydrogen-bond donors (Lipinski definition) is 1. The van der Waals surface area contributed by atoms with Gasteiger partial charge in [0.25, 0.3) is 5.91 Å². The van der Waals surface area contributed by atoms with Crippen LogP contribution in [0.3, 0.4) is 0 Å². The summed E-state index contributed by atoms with van der Waals surface area (Å²) in [5.41, 5.74) is 2.12. The summed E-state index contributed by atoms with van der Waals surface area (Å²) >= 11 is 0. The van der Waals surface area contributed by atoms with E-state index in [1.807, 2.05) is 29.2 Å². The summed E-state index contributed by atoms with van der Waals surface area (Å²) < 4.78 is 0. The number of nitrogens with zero attached hydrogens (tertiary/aromatic N) is 1. The second-order valence-electron chi connectivity index (χ2n) is 6.75. The lowest BCUT2D eigenvalue weighted by Gasteiger charge is -2.31. The molecule has 1 heterocycles. The van der Waals surface area contributed by atoms with Crippen molar-refractivity contribution in [1.82, 2.24) is 4.90 Å². The molecular formula is C17H25NO2. The molecule has 0 spiro atoms. The van der Waals surface area contributed by atoms with Gasteiger partial charge in [-0.25, -0.2) is 0 Å². The largest absolute Gasteiger partial charge is 0.396 e. The minimum absolute atomic E-state index is 0.112. The maximum atomic E-state index is 12.4. The Bertz CT molecular complexity index is 451.